The van der Waals surface area contributed by atoms with Gasteiger partial charge in [-0.1, -0.05) is 18.7 Å². The summed E-state index contributed by atoms with van der Waals surface area (Å²) in [5.74, 6) is 1.43. The molecule has 0 bridgehead atoms. The maximum Gasteiger partial charge on any atom is 0.494 e. The molecule has 2 aliphatic heterocycles. The lowest BCUT2D eigenvalue weighted by Gasteiger charge is -2.32. The predicted molar refractivity (Wildman–Crippen MR) is 94.6 cm³/mol. The van der Waals surface area contributed by atoms with Crippen LogP contribution in [0.1, 0.15) is 27.7 Å². The van der Waals surface area contributed by atoms with Gasteiger partial charge in [0.05, 0.1) is 11.2 Å². The van der Waals surface area contributed by atoms with Gasteiger partial charge in [0, 0.05) is 0 Å². The summed E-state index contributed by atoms with van der Waals surface area (Å²) in [7, 11) is -0.413. The van der Waals surface area contributed by atoms with Gasteiger partial charge in [-0.15, -0.1) is 0 Å². The van der Waals surface area contributed by atoms with Gasteiger partial charge < -0.3 is 14.0 Å². The molecular weight excluding hydrogens is 301 g/mol. The third kappa shape index (κ3) is 2.36. The molecule has 4 rings (SSSR count). The lowest BCUT2D eigenvalue weighted by molar-refractivity contribution is 0.00578. The van der Waals surface area contributed by atoms with E-state index in [4.69, 9.17) is 14.0 Å². The van der Waals surface area contributed by atoms with Crippen LogP contribution in [0, 0.1) is 0 Å². The normalized spacial score (nSPS) is 19.9. The molecule has 0 unspecified atom stereocenters. The van der Waals surface area contributed by atoms with Gasteiger partial charge in [-0.25, -0.2) is 4.99 Å². The first-order valence-corrected chi connectivity index (χ1v) is 8.10. The van der Waals surface area contributed by atoms with Crippen molar-refractivity contribution >= 4 is 24.8 Å². The second-order valence-electron chi connectivity index (χ2n) is 7.33. The number of hydrogen-bond acceptors (Lipinski definition) is 4. The minimum absolute atomic E-state index is 0.367. The lowest BCUT2D eigenvalue weighted by atomic mass is 9.79. The van der Waals surface area contributed by atoms with Gasteiger partial charge >= 0.3 is 7.12 Å². The predicted octanol–water partition coefficient (Wildman–Crippen LogP) is 2.45. The summed E-state index contributed by atoms with van der Waals surface area (Å²) in [5, 5.41) is 1.72. The summed E-state index contributed by atoms with van der Waals surface area (Å²) in [6.45, 7) is 12.1. The molecule has 24 heavy (non-hydrogen) atoms. The molecule has 2 aliphatic rings. The van der Waals surface area contributed by atoms with E-state index < -0.39 is 7.12 Å². The van der Waals surface area contributed by atoms with Gasteiger partial charge in [0.1, 0.15) is 11.0 Å². The van der Waals surface area contributed by atoms with Crippen LogP contribution < -0.4 is 20.8 Å². The number of rotatable bonds is 1. The van der Waals surface area contributed by atoms with E-state index in [0.29, 0.717) is 5.75 Å². The Balaban J connectivity index is 1.72. The third-order valence-corrected chi connectivity index (χ3v) is 4.99. The first kappa shape index (κ1) is 15.4. The van der Waals surface area contributed by atoms with Crippen molar-refractivity contribution in [2.24, 2.45) is 4.99 Å². The Kier molecular flexibility index (Phi) is 3.18. The summed E-state index contributed by atoms with van der Waals surface area (Å²) in [6.07, 6.45) is 0. The van der Waals surface area contributed by atoms with Gasteiger partial charge in [0.25, 0.3) is 0 Å². The number of ether oxygens (including phenoxy) is 1. The minimum Gasteiger partial charge on any atom is -0.453 e. The van der Waals surface area contributed by atoms with Crippen molar-refractivity contribution in [1.82, 2.24) is 0 Å². The van der Waals surface area contributed by atoms with Crippen molar-refractivity contribution in [3.8, 4) is 11.5 Å². The molecule has 5 heteroatoms. The van der Waals surface area contributed by atoms with Crippen molar-refractivity contribution in [1.29, 1.82) is 0 Å². The first-order valence-electron chi connectivity index (χ1n) is 8.10. The fourth-order valence-corrected chi connectivity index (χ4v) is 2.81. The van der Waals surface area contributed by atoms with Crippen molar-refractivity contribution in [3.63, 3.8) is 0 Å². The van der Waals surface area contributed by atoms with Gasteiger partial charge in [-0.2, -0.15) is 0 Å². The van der Waals surface area contributed by atoms with Crippen molar-refractivity contribution in [2.45, 2.75) is 38.9 Å². The molecule has 0 saturated carbocycles. The summed E-state index contributed by atoms with van der Waals surface area (Å²) in [5.41, 5.74) is 0.999. The molecule has 4 nitrogen and oxygen atoms in total. The van der Waals surface area contributed by atoms with Crippen LogP contribution in [0.4, 0.5) is 5.69 Å². The van der Waals surface area contributed by atoms with Gasteiger partial charge in [-0.3, -0.25) is 0 Å². The highest BCUT2D eigenvalue weighted by molar-refractivity contribution is 6.62. The lowest BCUT2D eigenvalue weighted by Crippen LogP contribution is -2.41. The molecule has 2 aromatic carbocycles. The van der Waals surface area contributed by atoms with Crippen LogP contribution in [0.3, 0.4) is 0 Å². The van der Waals surface area contributed by atoms with Crippen LogP contribution in [-0.4, -0.2) is 18.3 Å². The van der Waals surface area contributed by atoms with Crippen molar-refractivity contribution in [2.75, 3.05) is 0 Å². The van der Waals surface area contributed by atoms with E-state index in [0.717, 1.165) is 27.5 Å². The standard InChI is InChI=1S/C19H20BNO3/c1-12-6-8-14-16(10-12)22-17-11-13(7-9-15(17)21-14)20-23-18(2,3)19(4,5)24-20/h6-11H,1H2,2-5H3. The summed E-state index contributed by atoms with van der Waals surface area (Å²) in [6, 6.07) is 11.6. The summed E-state index contributed by atoms with van der Waals surface area (Å²) < 4.78 is 18.2. The third-order valence-electron chi connectivity index (χ3n) is 4.99. The van der Waals surface area contributed by atoms with E-state index in [1.54, 1.807) is 0 Å². The Morgan fingerprint density at radius 2 is 1.62 bits per heavy atom. The monoisotopic (exact) mass is 321 g/mol. The Bertz CT molecular complexity index is 920. The van der Waals surface area contributed by atoms with E-state index in [1.807, 2.05) is 64.1 Å². The molecular formula is C19H20BNO3. The quantitative estimate of drug-likeness (QED) is 0.647. The molecule has 1 saturated heterocycles. The van der Waals surface area contributed by atoms with Gasteiger partial charge in [-0.05, 0) is 62.6 Å². The molecule has 2 aromatic rings. The van der Waals surface area contributed by atoms with E-state index in [-0.39, 0.29) is 11.2 Å². The molecule has 0 N–H and O–H groups in total. The minimum atomic E-state index is -0.413. The van der Waals surface area contributed by atoms with Crippen LogP contribution in [0.2, 0.25) is 0 Å². The first-order chi connectivity index (χ1) is 11.2. The highest BCUT2D eigenvalue weighted by atomic mass is 16.7. The fraction of sp³-hybridized carbons (Fsp3) is 0.316. The van der Waals surface area contributed by atoms with E-state index in [1.165, 1.54) is 0 Å². The van der Waals surface area contributed by atoms with Crippen LogP contribution in [-0.2, 0) is 9.31 Å². The SMILES string of the molecule is C=c1ccc2c(c1)Oc1cc(B3OC(C)(C)C(C)(C)O3)ccc1N=2. The average molecular weight is 321 g/mol. The molecule has 0 aliphatic carbocycles. The summed E-state index contributed by atoms with van der Waals surface area (Å²) >= 11 is 0. The molecule has 2 heterocycles. The molecule has 122 valence electrons. The zero-order chi connectivity index (χ0) is 17.1. The van der Waals surface area contributed by atoms with Crippen LogP contribution in [0.25, 0.3) is 6.58 Å². The maximum absolute atomic E-state index is 6.11. The van der Waals surface area contributed by atoms with Gasteiger partial charge in [0.2, 0.25) is 0 Å². The maximum atomic E-state index is 6.11. The topological polar surface area (TPSA) is 40.0 Å². The van der Waals surface area contributed by atoms with Crippen LogP contribution >= 0.6 is 0 Å². The molecule has 1 fully saturated rings. The zero-order valence-electron chi connectivity index (χ0n) is 14.4. The summed E-state index contributed by atoms with van der Waals surface area (Å²) in [4.78, 5) is 4.64. The Labute approximate surface area is 141 Å². The molecule has 0 spiro atoms. The number of nitrogens with zero attached hydrogens (tertiary/aromatic N) is 1. The molecule has 0 atom stereocenters. The highest BCUT2D eigenvalue weighted by Gasteiger charge is 2.51. The number of fused-ring (bicyclic) bond motifs is 2. The molecule has 0 aromatic heterocycles. The smallest absolute Gasteiger partial charge is 0.453 e. The van der Waals surface area contributed by atoms with Crippen molar-refractivity contribution in [3.05, 3.63) is 47.0 Å². The number of benzene rings is 2. The van der Waals surface area contributed by atoms with Gasteiger partial charge in [0.15, 0.2) is 11.5 Å². The second-order valence-corrected chi connectivity index (χ2v) is 7.33. The molecule has 0 amide bonds. The van der Waals surface area contributed by atoms with E-state index >= 15 is 0 Å². The van der Waals surface area contributed by atoms with Crippen molar-refractivity contribution < 1.29 is 14.0 Å². The second kappa shape index (κ2) is 4.95. The van der Waals surface area contributed by atoms with Crippen LogP contribution in [0.5, 0.6) is 11.5 Å². The largest absolute Gasteiger partial charge is 0.494 e. The zero-order valence-corrected chi connectivity index (χ0v) is 14.4. The number of hydrogen-bond donors (Lipinski definition) is 0. The Hall–Kier alpha value is -2.11. The van der Waals surface area contributed by atoms with E-state index in [2.05, 4.69) is 11.6 Å². The average Bonchev–Trinajstić information content (AvgIpc) is 2.73. The highest BCUT2D eigenvalue weighted by Crippen LogP contribution is 2.38. The Morgan fingerprint density at radius 3 is 2.33 bits per heavy atom. The fourth-order valence-electron chi connectivity index (χ4n) is 2.81. The Morgan fingerprint density at radius 1 is 0.917 bits per heavy atom. The van der Waals surface area contributed by atoms with Crippen LogP contribution in [0.15, 0.2) is 41.4 Å². The van der Waals surface area contributed by atoms with E-state index in [9.17, 15) is 0 Å². The molecule has 0 radical (unpaired) electrons.